The van der Waals surface area contributed by atoms with Crippen LogP contribution in [0.25, 0.3) is 17.5 Å². The van der Waals surface area contributed by atoms with Crippen molar-refractivity contribution in [1.29, 1.82) is 0 Å². The third-order valence-electron chi connectivity index (χ3n) is 5.16. The number of nitrogens with one attached hydrogen (secondary N) is 1. The zero-order chi connectivity index (χ0) is 22.6. The molecule has 1 aliphatic rings. The minimum absolute atomic E-state index is 0.000737. The molecule has 3 aromatic rings. The molecule has 0 saturated carbocycles. The molecule has 1 saturated heterocycles. The van der Waals surface area contributed by atoms with Gasteiger partial charge in [-0.15, -0.1) is 5.10 Å². The maximum absolute atomic E-state index is 12.6. The summed E-state index contributed by atoms with van der Waals surface area (Å²) in [6, 6.07) is 16.1. The Bertz CT molecular complexity index is 1200. The van der Waals surface area contributed by atoms with Crippen molar-refractivity contribution in [3.8, 4) is 11.5 Å². The van der Waals surface area contributed by atoms with Crippen molar-refractivity contribution < 1.29 is 17.6 Å². The summed E-state index contributed by atoms with van der Waals surface area (Å²) in [5.74, 6) is -0.346. The van der Waals surface area contributed by atoms with E-state index in [1.165, 1.54) is 9.71 Å². The van der Waals surface area contributed by atoms with Gasteiger partial charge in [-0.3, -0.25) is 10.1 Å². The Labute approximate surface area is 191 Å². The SMILES string of the molecule is O=C(Nc1nnc(-c2ccc(Cl)cc2)o1)C1CCN(S(=O)(=O)C=Cc2ccccc2)CC1. The molecule has 1 aromatic heterocycles. The highest BCUT2D eigenvalue weighted by molar-refractivity contribution is 7.92. The third kappa shape index (κ3) is 5.42. The summed E-state index contributed by atoms with van der Waals surface area (Å²) in [6.07, 6.45) is 2.38. The predicted molar refractivity (Wildman–Crippen MR) is 122 cm³/mol. The Hall–Kier alpha value is -3.01. The van der Waals surface area contributed by atoms with Gasteiger partial charge >= 0.3 is 6.01 Å². The fraction of sp³-hybridized carbons (Fsp3) is 0.227. The van der Waals surface area contributed by atoms with Crippen LogP contribution in [0.4, 0.5) is 6.01 Å². The maximum atomic E-state index is 12.6. The number of carbonyl (C=O) groups excluding carboxylic acids is 1. The Balaban J connectivity index is 1.32. The normalized spacial score (nSPS) is 15.8. The summed E-state index contributed by atoms with van der Waals surface area (Å²) < 4.78 is 32.1. The van der Waals surface area contributed by atoms with Gasteiger partial charge < -0.3 is 4.42 Å². The maximum Gasteiger partial charge on any atom is 0.322 e. The highest BCUT2D eigenvalue weighted by atomic mass is 35.5. The molecule has 0 unspecified atom stereocenters. The molecule has 0 aliphatic carbocycles. The van der Waals surface area contributed by atoms with Gasteiger partial charge in [-0.05, 0) is 48.7 Å². The highest BCUT2D eigenvalue weighted by Crippen LogP contribution is 2.24. The van der Waals surface area contributed by atoms with E-state index in [2.05, 4.69) is 15.5 Å². The minimum Gasteiger partial charge on any atom is -0.403 e. The van der Waals surface area contributed by atoms with Gasteiger partial charge in [0.1, 0.15) is 0 Å². The molecular weight excluding hydrogens is 452 g/mol. The molecule has 1 fully saturated rings. The molecule has 1 aliphatic heterocycles. The number of carbonyl (C=O) groups is 1. The van der Waals surface area contributed by atoms with Crippen LogP contribution in [0.15, 0.2) is 64.4 Å². The van der Waals surface area contributed by atoms with Crippen molar-refractivity contribution in [1.82, 2.24) is 14.5 Å². The number of halogens is 1. The molecule has 1 N–H and O–H groups in total. The molecule has 4 rings (SSSR count). The molecule has 8 nitrogen and oxygen atoms in total. The van der Waals surface area contributed by atoms with E-state index >= 15 is 0 Å². The van der Waals surface area contributed by atoms with Crippen LogP contribution >= 0.6 is 11.6 Å². The molecular formula is C22H21ClN4O4S. The van der Waals surface area contributed by atoms with E-state index in [4.69, 9.17) is 16.0 Å². The molecule has 166 valence electrons. The van der Waals surface area contributed by atoms with Crippen LogP contribution in [-0.4, -0.2) is 41.9 Å². The lowest BCUT2D eigenvalue weighted by atomic mass is 9.97. The number of sulfonamides is 1. The standard InChI is InChI=1S/C22H21ClN4O4S/c23-19-8-6-18(7-9-19)21-25-26-22(31-21)24-20(28)17-10-13-27(14-11-17)32(29,30)15-12-16-4-2-1-3-5-16/h1-9,12,15,17H,10-11,13-14H2,(H,24,26,28). The first-order valence-electron chi connectivity index (χ1n) is 10.0. The third-order valence-corrected chi connectivity index (χ3v) is 6.98. The lowest BCUT2D eigenvalue weighted by Gasteiger charge is -2.29. The molecule has 1 amide bonds. The second-order valence-electron chi connectivity index (χ2n) is 7.34. The van der Waals surface area contributed by atoms with E-state index in [1.807, 2.05) is 30.3 Å². The van der Waals surface area contributed by atoms with Crippen molar-refractivity contribution in [2.75, 3.05) is 18.4 Å². The number of piperidine rings is 1. The van der Waals surface area contributed by atoms with Gasteiger partial charge in [0.15, 0.2) is 0 Å². The van der Waals surface area contributed by atoms with Crippen molar-refractivity contribution in [3.05, 3.63) is 70.6 Å². The monoisotopic (exact) mass is 472 g/mol. The summed E-state index contributed by atoms with van der Waals surface area (Å²) >= 11 is 5.87. The van der Waals surface area contributed by atoms with Crippen molar-refractivity contribution in [2.24, 2.45) is 5.92 Å². The summed E-state index contributed by atoms with van der Waals surface area (Å²) in [6.45, 7) is 0.527. The Morgan fingerprint density at radius 2 is 1.75 bits per heavy atom. The minimum atomic E-state index is -3.55. The smallest absolute Gasteiger partial charge is 0.322 e. The number of aromatic nitrogens is 2. The molecule has 10 heteroatoms. The van der Waals surface area contributed by atoms with E-state index < -0.39 is 10.0 Å². The number of hydrogen-bond donors (Lipinski definition) is 1. The van der Waals surface area contributed by atoms with Gasteiger partial charge in [-0.2, -0.15) is 4.31 Å². The van der Waals surface area contributed by atoms with Crippen molar-refractivity contribution in [3.63, 3.8) is 0 Å². The van der Waals surface area contributed by atoms with Crippen molar-refractivity contribution >= 4 is 39.6 Å². The molecule has 2 aromatic carbocycles. The van der Waals surface area contributed by atoms with Gasteiger partial charge in [0, 0.05) is 35.0 Å². The lowest BCUT2D eigenvalue weighted by molar-refractivity contribution is -0.121. The second kappa shape index (κ2) is 9.64. The lowest BCUT2D eigenvalue weighted by Crippen LogP contribution is -2.40. The predicted octanol–water partition coefficient (Wildman–Crippen LogP) is 4.04. The van der Waals surface area contributed by atoms with Crippen LogP contribution < -0.4 is 5.32 Å². The van der Waals surface area contributed by atoms with Gasteiger partial charge in [0.2, 0.25) is 21.8 Å². The first-order valence-corrected chi connectivity index (χ1v) is 11.9. The van der Waals surface area contributed by atoms with Crippen molar-refractivity contribution in [2.45, 2.75) is 12.8 Å². The van der Waals surface area contributed by atoms with Crippen LogP contribution in [0, 0.1) is 5.92 Å². The summed E-state index contributed by atoms with van der Waals surface area (Å²) in [7, 11) is -3.55. The first-order chi connectivity index (χ1) is 15.4. The molecule has 32 heavy (non-hydrogen) atoms. The van der Waals surface area contributed by atoms with Gasteiger partial charge in [0.25, 0.3) is 0 Å². The Morgan fingerprint density at radius 1 is 1.06 bits per heavy atom. The van der Waals surface area contributed by atoms with Gasteiger partial charge in [-0.1, -0.05) is 47.0 Å². The number of amides is 1. The quantitative estimate of drug-likeness (QED) is 0.580. The first kappa shape index (κ1) is 22.2. The topological polar surface area (TPSA) is 105 Å². The van der Waals surface area contributed by atoms with Gasteiger partial charge in [-0.25, -0.2) is 8.42 Å². The summed E-state index contributed by atoms with van der Waals surface area (Å²) in [5, 5.41) is 12.2. The zero-order valence-corrected chi connectivity index (χ0v) is 18.6. The molecule has 2 heterocycles. The van der Waals surface area contributed by atoms with Crippen LogP contribution in [0.3, 0.4) is 0 Å². The molecule has 0 spiro atoms. The molecule has 0 bridgehead atoms. The molecule has 0 radical (unpaired) electrons. The van der Waals surface area contributed by atoms with E-state index in [0.29, 0.717) is 23.4 Å². The van der Waals surface area contributed by atoms with E-state index in [-0.39, 0.29) is 36.8 Å². The zero-order valence-electron chi connectivity index (χ0n) is 17.0. The van der Waals surface area contributed by atoms with Gasteiger partial charge in [0.05, 0.1) is 0 Å². The summed E-state index contributed by atoms with van der Waals surface area (Å²) in [5.41, 5.74) is 1.49. The number of nitrogens with zero attached hydrogens (tertiary/aromatic N) is 3. The largest absolute Gasteiger partial charge is 0.403 e. The number of rotatable bonds is 6. The van der Waals surface area contributed by atoms with Crippen LogP contribution in [0.1, 0.15) is 18.4 Å². The Morgan fingerprint density at radius 3 is 2.44 bits per heavy atom. The fourth-order valence-electron chi connectivity index (χ4n) is 3.38. The average Bonchev–Trinajstić information content (AvgIpc) is 3.27. The van der Waals surface area contributed by atoms with E-state index in [9.17, 15) is 13.2 Å². The van der Waals surface area contributed by atoms with Crippen LogP contribution in [0.5, 0.6) is 0 Å². The molecule has 0 atom stereocenters. The second-order valence-corrected chi connectivity index (χ2v) is 9.60. The Kier molecular flexibility index (Phi) is 6.69. The average molecular weight is 473 g/mol. The number of anilines is 1. The summed E-state index contributed by atoms with van der Waals surface area (Å²) in [4.78, 5) is 12.6. The fourth-order valence-corrected chi connectivity index (χ4v) is 4.72. The van der Waals surface area contributed by atoms with Crippen LogP contribution in [0.2, 0.25) is 5.02 Å². The van der Waals surface area contributed by atoms with E-state index in [0.717, 1.165) is 5.56 Å². The highest BCUT2D eigenvalue weighted by Gasteiger charge is 2.30. The van der Waals surface area contributed by atoms with Crippen LogP contribution in [-0.2, 0) is 14.8 Å². The number of benzene rings is 2. The van der Waals surface area contributed by atoms with E-state index in [1.54, 1.807) is 30.3 Å². The number of hydrogen-bond acceptors (Lipinski definition) is 6.